The van der Waals surface area contributed by atoms with Crippen molar-refractivity contribution in [2.75, 3.05) is 13.2 Å². The molecule has 0 bridgehead atoms. The Morgan fingerprint density at radius 3 is 1.34 bits per heavy atom. The van der Waals surface area contributed by atoms with E-state index in [1.807, 2.05) is 0 Å². The molecule has 0 aliphatic carbocycles. The van der Waals surface area contributed by atoms with Gasteiger partial charge in [-0.25, -0.2) is 0 Å². The zero-order valence-corrected chi connectivity index (χ0v) is 32.9. The molecule has 0 radical (unpaired) electrons. The van der Waals surface area contributed by atoms with Crippen LogP contribution >= 0.6 is 0 Å². The molecule has 0 aromatic carbocycles. The molecule has 0 saturated carbocycles. The van der Waals surface area contributed by atoms with Gasteiger partial charge < -0.3 is 14.2 Å². The maximum atomic E-state index is 12.6. The molecule has 0 rings (SSSR count). The number of carbonyl (C=O) groups excluding carboxylic acids is 3. The Balaban J connectivity index is 4.36. The molecule has 6 heteroatoms. The fraction of sp³-hybridized carbons (Fsp3) is 0.795. The first-order chi connectivity index (χ1) is 24.5. The Morgan fingerprint density at radius 2 is 0.800 bits per heavy atom. The highest BCUT2D eigenvalue weighted by Gasteiger charge is 2.19. The van der Waals surface area contributed by atoms with Gasteiger partial charge in [-0.3, -0.25) is 14.4 Å². The van der Waals surface area contributed by atoms with Crippen LogP contribution in [-0.2, 0) is 28.6 Å². The van der Waals surface area contributed by atoms with E-state index in [0.29, 0.717) is 25.7 Å². The summed E-state index contributed by atoms with van der Waals surface area (Å²) in [5, 5.41) is 0. The van der Waals surface area contributed by atoms with Crippen LogP contribution in [0.3, 0.4) is 0 Å². The van der Waals surface area contributed by atoms with Crippen molar-refractivity contribution in [3.63, 3.8) is 0 Å². The maximum absolute atomic E-state index is 12.6. The second-order valence-corrected chi connectivity index (χ2v) is 13.9. The molecule has 0 heterocycles. The third-order valence-electron chi connectivity index (χ3n) is 8.88. The van der Waals surface area contributed by atoms with Crippen LogP contribution in [0.5, 0.6) is 0 Å². The zero-order valence-electron chi connectivity index (χ0n) is 32.9. The van der Waals surface area contributed by atoms with Crippen LogP contribution in [0, 0.1) is 0 Å². The zero-order chi connectivity index (χ0) is 36.6. The van der Waals surface area contributed by atoms with Crippen LogP contribution in [0.25, 0.3) is 0 Å². The smallest absolute Gasteiger partial charge is 0.306 e. The number of carbonyl (C=O) groups is 3. The van der Waals surface area contributed by atoms with E-state index in [-0.39, 0.29) is 37.5 Å². The molecule has 0 amide bonds. The molecule has 0 aliphatic rings. The van der Waals surface area contributed by atoms with Crippen LogP contribution in [0.1, 0.15) is 207 Å². The Morgan fingerprint density at radius 1 is 0.420 bits per heavy atom. The quantitative estimate of drug-likeness (QED) is 0.0277. The fourth-order valence-electron chi connectivity index (χ4n) is 5.72. The van der Waals surface area contributed by atoms with Gasteiger partial charge in [-0.15, -0.1) is 0 Å². The summed E-state index contributed by atoms with van der Waals surface area (Å²) >= 11 is 0. The highest BCUT2D eigenvalue weighted by Crippen LogP contribution is 2.14. The standard InChI is InChI=1S/C44H78O6/c1-4-7-10-13-16-19-20-21-22-23-26-28-31-34-37-43(46)49-40-41(50-44(47)38-35-32-29-25-18-15-12-9-6-3)39-48-42(45)36-33-30-27-24-17-14-11-8-5-2/h9,12,18,24-25,27,41H,4-8,10-11,13-17,19-23,26,28-40H2,1-3H3/b12-9-,25-18-,27-24-. The highest BCUT2D eigenvalue weighted by atomic mass is 16.6. The van der Waals surface area contributed by atoms with Gasteiger partial charge >= 0.3 is 17.9 Å². The van der Waals surface area contributed by atoms with Crippen LogP contribution in [0.4, 0.5) is 0 Å². The van der Waals surface area contributed by atoms with Crippen molar-refractivity contribution >= 4 is 17.9 Å². The minimum atomic E-state index is -0.792. The Labute approximate surface area is 308 Å². The Kier molecular flexibility index (Phi) is 37.5. The topological polar surface area (TPSA) is 78.9 Å². The van der Waals surface area contributed by atoms with E-state index in [1.165, 1.54) is 96.3 Å². The molecule has 0 fully saturated rings. The van der Waals surface area contributed by atoms with Gasteiger partial charge in [0.1, 0.15) is 13.2 Å². The van der Waals surface area contributed by atoms with Gasteiger partial charge in [0, 0.05) is 19.3 Å². The van der Waals surface area contributed by atoms with Gasteiger partial charge in [0.2, 0.25) is 0 Å². The normalized spacial score (nSPS) is 12.3. The second-order valence-electron chi connectivity index (χ2n) is 13.9. The summed E-state index contributed by atoms with van der Waals surface area (Å²) in [6.07, 6.45) is 42.9. The predicted molar refractivity (Wildman–Crippen MR) is 210 cm³/mol. The molecule has 50 heavy (non-hydrogen) atoms. The van der Waals surface area contributed by atoms with Gasteiger partial charge in [0.15, 0.2) is 6.10 Å². The van der Waals surface area contributed by atoms with Crippen molar-refractivity contribution in [3.8, 4) is 0 Å². The Bertz CT molecular complexity index is 861. The van der Waals surface area contributed by atoms with Crippen molar-refractivity contribution in [1.82, 2.24) is 0 Å². The summed E-state index contributed by atoms with van der Waals surface area (Å²) in [7, 11) is 0. The van der Waals surface area contributed by atoms with Crippen LogP contribution in [0.15, 0.2) is 36.5 Å². The van der Waals surface area contributed by atoms with Gasteiger partial charge in [0.05, 0.1) is 0 Å². The number of unbranched alkanes of at least 4 members (excludes halogenated alkanes) is 20. The summed E-state index contributed by atoms with van der Waals surface area (Å²) < 4.78 is 16.5. The molecule has 1 unspecified atom stereocenters. The van der Waals surface area contributed by atoms with E-state index in [9.17, 15) is 14.4 Å². The summed E-state index contributed by atoms with van der Waals surface area (Å²) in [6, 6.07) is 0. The average molecular weight is 703 g/mol. The average Bonchev–Trinajstić information content (AvgIpc) is 3.11. The van der Waals surface area contributed by atoms with E-state index in [4.69, 9.17) is 14.2 Å². The number of hydrogen-bond donors (Lipinski definition) is 0. The van der Waals surface area contributed by atoms with Gasteiger partial charge in [0.25, 0.3) is 0 Å². The van der Waals surface area contributed by atoms with Gasteiger partial charge in [-0.2, -0.15) is 0 Å². The predicted octanol–water partition coefficient (Wildman–Crippen LogP) is 13.0. The number of hydrogen-bond acceptors (Lipinski definition) is 6. The summed E-state index contributed by atoms with van der Waals surface area (Å²) in [6.45, 7) is 6.41. The lowest BCUT2D eigenvalue weighted by Gasteiger charge is -2.18. The minimum Gasteiger partial charge on any atom is -0.462 e. The first-order valence-electron chi connectivity index (χ1n) is 21.0. The second kappa shape index (κ2) is 39.4. The monoisotopic (exact) mass is 703 g/mol. The lowest BCUT2D eigenvalue weighted by Crippen LogP contribution is -2.30. The van der Waals surface area contributed by atoms with Crippen molar-refractivity contribution in [1.29, 1.82) is 0 Å². The number of ether oxygens (including phenoxy) is 3. The number of rotatable bonds is 37. The van der Waals surface area contributed by atoms with E-state index in [2.05, 4.69) is 57.2 Å². The number of esters is 3. The molecule has 6 nitrogen and oxygen atoms in total. The first-order valence-corrected chi connectivity index (χ1v) is 21.0. The van der Waals surface area contributed by atoms with Crippen LogP contribution in [-0.4, -0.2) is 37.2 Å². The van der Waals surface area contributed by atoms with Gasteiger partial charge in [-0.1, -0.05) is 160 Å². The van der Waals surface area contributed by atoms with Crippen LogP contribution in [0.2, 0.25) is 0 Å². The largest absolute Gasteiger partial charge is 0.462 e. The van der Waals surface area contributed by atoms with E-state index < -0.39 is 6.10 Å². The highest BCUT2D eigenvalue weighted by molar-refractivity contribution is 5.71. The van der Waals surface area contributed by atoms with E-state index in [1.54, 1.807) is 0 Å². The molecule has 0 N–H and O–H groups in total. The van der Waals surface area contributed by atoms with Gasteiger partial charge in [-0.05, 0) is 64.2 Å². The minimum absolute atomic E-state index is 0.0920. The summed E-state index contributed by atoms with van der Waals surface area (Å²) in [5.41, 5.74) is 0. The molecular weight excluding hydrogens is 624 g/mol. The summed E-state index contributed by atoms with van der Waals surface area (Å²) in [5.74, 6) is -0.969. The summed E-state index contributed by atoms with van der Waals surface area (Å²) in [4.78, 5) is 37.4. The lowest BCUT2D eigenvalue weighted by molar-refractivity contribution is -0.167. The first kappa shape index (κ1) is 47.6. The molecule has 0 aliphatic heterocycles. The van der Waals surface area contributed by atoms with Crippen molar-refractivity contribution in [2.45, 2.75) is 213 Å². The van der Waals surface area contributed by atoms with E-state index in [0.717, 1.165) is 57.8 Å². The third kappa shape index (κ3) is 36.9. The van der Waals surface area contributed by atoms with Crippen molar-refractivity contribution in [3.05, 3.63) is 36.5 Å². The maximum Gasteiger partial charge on any atom is 0.306 e. The molecular formula is C44H78O6. The SMILES string of the molecule is CC/C=C\C/C=C\CCCCC(=O)OC(COC(=O)CCC/C=C\CCCCCC)COC(=O)CCCCCCCCCCCCCCCC. The van der Waals surface area contributed by atoms with E-state index >= 15 is 0 Å². The number of allylic oxidation sites excluding steroid dienone is 6. The molecule has 1 atom stereocenters. The van der Waals surface area contributed by atoms with Crippen molar-refractivity contribution < 1.29 is 28.6 Å². The fourth-order valence-corrected chi connectivity index (χ4v) is 5.72. The Hall–Kier alpha value is -2.37. The van der Waals surface area contributed by atoms with Crippen molar-refractivity contribution in [2.24, 2.45) is 0 Å². The lowest BCUT2D eigenvalue weighted by atomic mass is 10.0. The molecule has 290 valence electrons. The molecule has 0 saturated heterocycles. The molecule has 0 aromatic heterocycles. The molecule has 0 spiro atoms. The van der Waals surface area contributed by atoms with Crippen LogP contribution < -0.4 is 0 Å². The third-order valence-corrected chi connectivity index (χ3v) is 8.88. The molecule has 0 aromatic rings.